The van der Waals surface area contributed by atoms with Crippen LogP contribution >= 0.6 is 0 Å². The van der Waals surface area contributed by atoms with Crippen molar-refractivity contribution in [3.63, 3.8) is 0 Å². The van der Waals surface area contributed by atoms with E-state index in [1.165, 1.54) is 0 Å². The molecule has 1 aromatic rings. The summed E-state index contributed by atoms with van der Waals surface area (Å²) >= 11 is -2.01. The highest BCUT2D eigenvalue weighted by Crippen LogP contribution is 2.16. The second-order valence-electron chi connectivity index (χ2n) is 4.93. The van der Waals surface area contributed by atoms with Crippen molar-refractivity contribution < 1.29 is 8.76 Å². The lowest BCUT2D eigenvalue weighted by Gasteiger charge is -2.35. The third-order valence-electron chi connectivity index (χ3n) is 3.66. The van der Waals surface area contributed by atoms with Crippen molar-refractivity contribution in [1.29, 1.82) is 0 Å². The Balaban J connectivity index is 2.00. The molecule has 1 aliphatic rings. The summed E-state index contributed by atoms with van der Waals surface area (Å²) in [6, 6.07) is 1.92. The van der Waals surface area contributed by atoms with E-state index in [2.05, 4.69) is 33.6 Å². The monoisotopic (exact) mass is 312 g/mol. The van der Waals surface area contributed by atoms with Crippen LogP contribution in [0.1, 0.15) is 13.8 Å². The zero-order valence-electron chi connectivity index (χ0n) is 12.6. The first-order valence-electron chi connectivity index (χ1n) is 7.25. The number of rotatable bonds is 6. The second kappa shape index (κ2) is 7.67. The molecule has 0 N–H and O–H groups in total. The smallest absolute Gasteiger partial charge is 0.227 e. The van der Waals surface area contributed by atoms with E-state index >= 15 is 0 Å². The van der Waals surface area contributed by atoms with E-state index in [1.807, 2.05) is 11.0 Å². The predicted molar refractivity (Wildman–Crippen MR) is 83.2 cm³/mol. The Morgan fingerprint density at radius 3 is 2.52 bits per heavy atom. The van der Waals surface area contributed by atoms with Crippen LogP contribution in [0, 0.1) is 0 Å². The average Bonchev–Trinajstić information content (AvgIpc) is 2.49. The summed E-state index contributed by atoms with van der Waals surface area (Å²) < 4.78 is 21.4. The molecule has 2 heterocycles. The van der Waals surface area contributed by atoms with Crippen LogP contribution < -0.4 is 9.80 Å². The maximum Gasteiger partial charge on any atom is 0.227 e. The van der Waals surface area contributed by atoms with Gasteiger partial charge in [0.15, 0.2) is 0 Å². The molecule has 0 aromatic carbocycles. The van der Waals surface area contributed by atoms with E-state index in [0.29, 0.717) is 13.1 Å². The molecule has 1 saturated heterocycles. The van der Waals surface area contributed by atoms with Crippen LogP contribution in [0.15, 0.2) is 12.3 Å². The number of aromatic nitrogens is 2. The highest BCUT2D eigenvalue weighted by molar-refractivity contribution is 7.79. The fourth-order valence-corrected chi connectivity index (χ4v) is 3.00. The summed E-state index contributed by atoms with van der Waals surface area (Å²) in [6.07, 6.45) is 1.79. The Morgan fingerprint density at radius 1 is 1.29 bits per heavy atom. The first-order valence-corrected chi connectivity index (χ1v) is 8.49. The Labute approximate surface area is 128 Å². The molecule has 7 nitrogen and oxygen atoms in total. The lowest BCUT2D eigenvalue weighted by atomic mass is 10.3. The highest BCUT2D eigenvalue weighted by atomic mass is 32.2. The van der Waals surface area contributed by atoms with Crippen LogP contribution in [0.2, 0.25) is 0 Å². The second-order valence-corrected chi connectivity index (χ2v) is 5.79. The Hall–Kier alpha value is -1.25. The standard InChI is InChI=1S/C13H23N5O2S/c1-3-17(4-2)12-5-6-14-13(15-12)18-9-7-16(8-10-18)11-21(19)20/h5-6H,3-4,7-11H2,1-2H3,(H,19,20)/p-1. The minimum atomic E-state index is -2.01. The van der Waals surface area contributed by atoms with Crippen LogP contribution in [-0.2, 0) is 11.1 Å². The minimum absolute atomic E-state index is 0.105. The molecule has 2 rings (SSSR count). The zero-order valence-corrected chi connectivity index (χ0v) is 13.4. The highest BCUT2D eigenvalue weighted by Gasteiger charge is 2.19. The Kier molecular flexibility index (Phi) is 5.89. The predicted octanol–water partition coefficient (Wildman–Crippen LogP) is 0.281. The van der Waals surface area contributed by atoms with E-state index in [-0.39, 0.29) is 5.88 Å². The molecule has 0 aliphatic carbocycles. The van der Waals surface area contributed by atoms with Crippen molar-refractivity contribution >= 4 is 22.8 Å². The van der Waals surface area contributed by atoms with Crippen molar-refractivity contribution in [3.8, 4) is 0 Å². The third-order valence-corrected chi connectivity index (χ3v) is 4.23. The van der Waals surface area contributed by atoms with E-state index in [0.717, 1.165) is 37.9 Å². The van der Waals surface area contributed by atoms with Gasteiger partial charge in [0.05, 0.1) is 5.88 Å². The van der Waals surface area contributed by atoms with Gasteiger partial charge in [-0.1, -0.05) is 0 Å². The molecule has 0 saturated carbocycles. The molecule has 0 amide bonds. The molecule has 1 atom stereocenters. The fourth-order valence-electron chi connectivity index (χ4n) is 2.44. The number of piperazine rings is 1. The van der Waals surface area contributed by atoms with Crippen LogP contribution in [0.5, 0.6) is 0 Å². The van der Waals surface area contributed by atoms with E-state index in [9.17, 15) is 8.76 Å². The van der Waals surface area contributed by atoms with Crippen molar-refractivity contribution in [2.75, 3.05) is 54.9 Å². The van der Waals surface area contributed by atoms with Crippen molar-refractivity contribution in [2.45, 2.75) is 13.8 Å². The minimum Gasteiger partial charge on any atom is -0.771 e. The van der Waals surface area contributed by atoms with Gasteiger partial charge in [0.2, 0.25) is 5.95 Å². The normalized spacial score (nSPS) is 17.8. The average molecular weight is 312 g/mol. The topological polar surface area (TPSA) is 75.6 Å². The lowest BCUT2D eigenvalue weighted by molar-refractivity contribution is 0.290. The maximum absolute atomic E-state index is 10.7. The SMILES string of the molecule is CCN(CC)c1ccnc(N2CCN(CS(=O)[O-])CC2)n1. The molecular formula is C13H22N5O2S-. The van der Waals surface area contributed by atoms with Gasteiger partial charge < -0.3 is 14.4 Å². The molecular weight excluding hydrogens is 290 g/mol. The Bertz CT molecular complexity index is 475. The van der Waals surface area contributed by atoms with Crippen LogP contribution in [0.4, 0.5) is 11.8 Å². The summed E-state index contributed by atoms with van der Waals surface area (Å²) in [5.41, 5.74) is 0. The lowest BCUT2D eigenvalue weighted by Crippen LogP contribution is -2.47. The number of hydrogen-bond donors (Lipinski definition) is 0. The van der Waals surface area contributed by atoms with Gasteiger partial charge in [0, 0.05) is 45.5 Å². The summed E-state index contributed by atoms with van der Waals surface area (Å²) in [4.78, 5) is 15.2. The van der Waals surface area contributed by atoms with Gasteiger partial charge in [-0.15, -0.1) is 0 Å². The Morgan fingerprint density at radius 2 is 1.95 bits per heavy atom. The molecule has 0 bridgehead atoms. The third kappa shape index (κ3) is 4.36. The molecule has 21 heavy (non-hydrogen) atoms. The van der Waals surface area contributed by atoms with Gasteiger partial charge in [0.1, 0.15) is 5.82 Å². The van der Waals surface area contributed by atoms with E-state index in [1.54, 1.807) is 6.20 Å². The largest absolute Gasteiger partial charge is 0.771 e. The van der Waals surface area contributed by atoms with Gasteiger partial charge >= 0.3 is 0 Å². The molecule has 8 heteroatoms. The number of anilines is 2. The maximum atomic E-state index is 10.7. The molecule has 118 valence electrons. The summed E-state index contributed by atoms with van der Waals surface area (Å²) in [5, 5.41) is 0. The fraction of sp³-hybridized carbons (Fsp3) is 0.692. The molecule has 0 spiro atoms. The first-order chi connectivity index (χ1) is 10.1. The molecule has 1 aromatic heterocycles. The summed E-state index contributed by atoms with van der Waals surface area (Å²) in [5.74, 6) is 1.77. The van der Waals surface area contributed by atoms with E-state index in [4.69, 9.17) is 0 Å². The first kappa shape index (κ1) is 16.1. The van der Waals surface area contributed by atoms with Crippen molar-refractivity contribution in [2.24, 2.45) is 0 Å². The zero-order chi connectivity index (χ0) is 15.2. The van der Waals surface area contributed by atoms with Crippen molar-refractivity contribution in [1.82, 2.24) is 14.9 Å². The molecule has 1 aliphatic heterocycles. The molecule has 0 radical (unpaired) electrons. The molecule has 1 unspecified atom stereocenters. The van der Waals surface area contributed by atoms with Gasteiger partial charge in [-0.25, -0.2) is 4.98 Å². The van der Waals surface area contributed by atoms with Gasteiger partial charge in [0.25, 0.3) is 0 Å². The van der Waals surface area contributed by atoms with Crippen molar-refractivity contribution in [3.05, 3.63) is 12.3 Å². The number of hydrogen-bond acceptors (Lipinski definition) is 7. The van der Waals surface area contributed by atoms with Crippen LogP contribution in [-0.4, -0.2) is 68.8 Å². The number of nitrogens with zero attached hydrogens (tertiary/aromatic N) is 5. The van der Waals surface area contributed by atoms with Gasteiger partial charge in [-0.3, -0.25) is 9.11 Å². The van der Waals surface area contributed by atoms with Gasteiger partial charge in [-0.05, 0) is 31.0 Å². The quantitative estimate of drug-likeness (QED) is 0.698. The van der Waals surface area contributed by atoms with E-state index < -0.39 is 11.1 Å². The molecule has 1 fully saturated rings. The summed E-state index contributed by atoms with van der Waals surface area (Å²) in [6.45, 7) is 8.96. The van der Waals surface area contributed by atoms with Gasteiger partial charge in [-0.2, -0.15) is 4.98 Å². The summed E-state index contributed by atoms with van der Waals surface area (Å²) in [7, 11) is 0. The van der Waals surface area contributed by atoms with Crippen LogP contribution in [0.25, 0.3) is 0 Å². The van der Waals surface area contributed by atoms with Crippen LogP contribution in [0.3, 0.4) is 0 Å².